The number of hydrogen-bond donors (Lipinski definition) is 0. The van der Waals surface area contributed by atoms with E-state index in [1.165, 1.54) is 38.5 Å². The summed E-state index contributed by atoms with van der Waals surface area (Å²) in [5.41, 5.74) is -1.60. The minimum Gasteiger partial charge on any atom is -0.493 e. The molecule has 0 N–H and O–H groups in total. The minimum absolute atomic E-state index is 0.0526. The zero-order valence-electron chi connectivity index (χ0n) is 15.9. The van der Waals surface area contributed by atoms with Gasteiger partial charge in [-0.05, 0) is 24.3 Å². The SMILES string of the molecule is COc1ccccc1Oc1c(F)c(C#N)c(C#N)c(F)c1Oc1ccccc1OC. The Balaban J connectivity index is 2.25. The van der Waals surface area contributed by atoms with Gasteiger partial charge in [0.25, 0.3) is 0 Å². The lowest BCUT2D eigenvalue weighted by Gasteiger charge is -2.17. The van der Waals surface area contributed by atoms with Crippen molar-refractivity contribution in [2.75, 3.05) is 14.2 Å². The van der Waals surface area contributed by atoms with E-state index in [-0.39, 0.29) is 23.0 Å². The normalized spacial score (nSPS) is 9.93. The highest BCUT2D eigenvalue weighted by Gasteiger charge is 2.29. The summed E-state index contributed by atoms with van der Waals surface area (Å²) in [7, 11) is 2.76. The van der Waals surface area contributed by atoms with Crippen molar-refractivity contribution in [2.45, 2.75) is 0 Å². The molecule has 0 aliphatic heterocycles. The predicted molar refractivity (Wildman–Crippen MR) is 102 cm³/mol. The Morgan fingerprint density at radius 3 is 1.27 bits per heavy atom. The topological polar surface area (TPSA) is 84.5 Å². The van der Waals surface area contributed by atoms with Crippen LogP contribution in [0.1, 0.15) is 11.1 Å². The Labute approximate surface area is 171 Å². The summed E-state index contributed by atoms with van der Waals surface area (Å²) in [6.45, 7) is 0. The fourth-order valence-corrected chi connectivity index (χ4v) is 2.66. The van der Waals surface area contributed by atoms with Gasteiger partial charge in [-0.1, -0.05) is 24.3 Å². The Bertz CT molecular complexity index is 1090. The zero-order chi connectivity index (χ0) is 21.7. The average molecular weight is 408 g/mol. The number of hydrogen-bond acceptors (Lipinski definition) is 6. The van der Waals surface area contributed by atoms with E-state index in [2.05, 4.69) is 0 Å². The van der Waals surface area contributed by atoms with Crippen LogP contribution in [0.2, 0.25) is 0 Å². The third kappa shape index (κ3) is 3.67. The number of ether oxygens (including phenoxy) is 4. The van der Waals surface area contributed by atoms with Gasteiger partial charge < -0.3 is 18.9 Å². The fourth-order valence-electron chi connectivity index (χ4n) is 2.66. The number of nitriles is 2. The molecule has 0 aromatic heterocycles. The summed E-state index contributed by atoms with van der Waals surface area (Å²) >= 11 is 0. The van der Waals surface area contributed by atoms with E-state index in [9.17, 15) is 10.5 Å². The molecule has 0 atom stereocenters. The number of para-hydroxylation sites is 4. The molecule has 150 valence electrons. The molecule has 6 nitrogen and oxygen atoms in total. The van der Waals surface area contributed by atoms with Crippen LogP contribution in [0.4, 0.5) is 8.78 Å². The highest BCUT2D eigenvalue weighted by molar-refractivity contribution is 5.61. The molecule has 0 aliphatic carbocycles. The van der Waals surface area contributed by atoms with Gasteiger partial charge in [0.15, 0.2) is 34.6 Å². The number of nitrogens with zero attached hydrogens (tertiary/aromatic N) is 2. The maximum absolute atomic E-state index is 15.2. The van der Waals surface area contributed by atoms with Crippen LogP contribution < -0.4 is 18.9 Å². The van der Waals surface area contributed by atoms with Crippen molar-refractivity contribution < 1.29 is 27.7 Å². The maximum atomic E-state index is 15.2. The van der Waals surface area contributed by atoms with Crippen molar-refractivity contribution in [2.24, 2.45) is 0 Å². The molecule has 8 heteroatoms. The van der Waals surface area contributed by atoms with Crippen LogP contribution in [0, 0.1) is 34.3 Å². The zero-order valence-corrected chi connectivity index (χ0v) is 15.9. The molecule has 0 heterocycles. The third-order valence-electron chi connectivity index (χ3n) is 4.08. The van der Waals surface area contributed by atoms with Crippen LogP contribution in [0.25, 0.3) is 0 Å². The second kappa shape index (κ2) is 8.80. The number of methoxy groups -OCH3 is 2. The predicted octanol–water partition coefficient (Wildman–Crippen LogP) is 5.31. The van der Waals surface area contributed by atoms with Crippen molar-refractivity contribution in [1.82, 2.24) is 0 Å². The van der Waals surface area contributed by atoms with Crippen LogP contribution in [0.3, 0.4) is 0 Å². The van der Waals surface area contributed by atoms with Crippen molar-refractivity contribution in [1.29, 1.82) is 10.5 Å². The molecule has 3 aromatic carbocycles. The van der Waals surface area contributed by atoms with Crippen molar-refractivity contribution in [3.05, 3.63) is 71.3 Å². The van der Waals surface area contributed by atoms with Crippen LogP contribution >= 0.6 is 0 Å². The molecular weight excluding hydrogens is 394 g/mol. The summed E-state index contributed by atoms with van der Waals surface area (Å²) in [6.07, 6.45) is 0. The van der Waals surface area contributed by atoms with E-state index in [1.807, 2.05) is 0 Å². The van der Waals surface area contributed by atoms with E-state index in [1.54, 1.807) is 36.4 Å². The largest absolute Gasteiger partial charge is 0.493 e. The van der Waals surface area contributed by atoms with Gasteiger partial charge in [0.2, 0.25) is 11.5 Å². The molecule has 30 heavy (non-hydrogen) atoms. The highest BCUT2D eigenvalue weighted by atomic mass is 19.1. The molecule has 0 saturated carbocycles. The lowest BCUT2D eigenvalue weighted by Crippen LogP contribution is -2.04. The first-order valence-corrected chi connectivity index (χ1v) is 8.52. The quantitative estimate of drug-likeness (QED) is 0.550. The Morgan fingerprint density at radius 2 is 0.967 bits per heavy atom. The van der Waals surface area contributed by atoms with E-state index in [4.69, 9.17) is 18.9 Å². The van der Waals surface area contributed by atoms with Crippen LogP contribution in [0.5, 0.6) is 34.5 Å². The fraction of sp³-hybridized carbons (Fsp3) is 0.0909. The first-order chi connectivity index (χ1) is 14.5. The number of rotatable bonds is 6. The molecule has 3 aromatic rings. The summed E-state index contributed by atoms with van der Waals surface area (Å²) in [5, 5.41) is 18.5. The lowest BCUT2D eigenvalue weighted by atomic mass is 10.1. The molecule has 0 spiro atoms. The average Bonchev–Trinajstić information content (AvgIpc) is 2.78. The molecule has 0 radical (unpaired) electrons. The number of halogens is 2. The molecule has 0 bridgehead atoms. The monoisotopic (exact) mass is 408 g/mol. The van der Waals surface area contributed by atoms with Gasteiger partial charge in [0.1, 0.15) is 23.3 Å². The molecule has 0 aliphatic rings. The molecule has 0 amide bonds. The Kier molecular flexibility index (Phi) is 6.00. The van der Waals surface area contributed by atoms with Crippen molar-refractivity contribution >= 4 is 0 Å². The molecule has 0 saturated heterocycles. The standard InChI is InChI=1S/C22H14F2N2O4/c1-27-15-7-3-5-9-17(15)29-21-19(23)13(11-25)14(12-26)20(24)22(21)30-18-10-6-4-8-16(18)28-2/h3-10H,1-2H3. The number of benzene rings is 3. The van der Waals surface area contributed by atoms with Gasteiger partial charge in [-0.25, -0.2) is 8.78 Å². The molecule has 0 unspecified atom stereocenters. The third-order valence-corrected chi connectivity index (χ3v) is 4.08. The molecule has 3 rings (SSSR count). The highest BCUT2D eigenvalue weighted by Crippen LogP contribution is 2.45. The maximum Gasteiger partial charge on any atom is 0.210 e. The summed E-state index contributed by atoms with van der Waals surface area (Å²) < 4.78 is 51.8. The van der Waals surface area contributed by atoms with E-state index >= 15 is 8.78 Å². The second-order valence-electron chi connectivity index (χ2n) is 5.77. The lowest BCUT2D eigenvalue weighted by molar-refractivity contribution is 0.337. The van der Waals surface area contributed by atoms with E-state index in [0.29, 0.717) is 0 Å². The first kappa shape index (κ1) is 20.4. The van der Waals surface area contributed by atoms with Gasteiger partial charge >= 0.3 is 0 Å². The first-order valence-electron chi connectivity index (χ1n) is 8.52. The van der Waals surface area contributed by atoms with E-state index in [0.717, 1.165) is 0 Å². The summed E-state index contributed by atoms with van der Waals surface area (Å²) in [5.74, 6) is -3.32. The van der Waals surface area contributed by atoms with Crippen LogP contribution in [0.15, 0.2) is 48.5 Å². The van der Waals surface area contributed by atoms with Gasteiger partial charge in [-0.2, -0.15) is 10.5 Å². The molecular formula is C22H14F2N2O4. The van der Waals surface area contributed by atoms with Crippen molar-refractivity contribution in [3.63, 3.8) is 0 Å². The Hall–Kier alpha value is -4.30. The summed E-state index contributed by atoms with van der Waals surface area (Å²) in [6, 6.07) is 15.6. The second-order valence-corrected chi connectivity index (χ2v) is 5.77. The van der Waals surface area contributed by atoms with Crippen molar-refractivity contribution in [3.8, 4) is 46.6 Å². The van der Waals surface area contributed by atoms with Gasteiger partial charge in [0, 0.05) is 0 Å². The van der Waals surface area contributed by atoms with Gasteiger partial charge in [-0.3, -0.25) is 0 Å². The van der Waals surface area contributed by atoms with E-state index < -0.39 is 34.3 Å². The Morgan fingerprint density at radius 1 is 0.633 bits per heavy atom. The minimum atomic E-state index is -1.24. The van der Waals surface area contributed by atoms with Gasteiger partial charge in [0.05, 0.1) is 14.2 Å². The van der Waals surface area contributed by atoms with Crippen LogP contribution in [-0.2, 0) is 0 Å². The summed E-state index contributed by atoms with van der Waals surface area (Å²) in [4.78, 5) is 0. The van der Waals surface area contributed by atoms with Gasteiger partial charge in [-0.15, -0.1) is 0 Å². The van der Waals surface area contributed by atoms with Crippen LogP contribution in [-0.4, -0.2) is 14.2 Å². The smallest absolute Gasteiger partial charge is 0.210 e. The molecule has 0 fully saturated rings.